The smallest absolute Gasteiger partial charge is 0.336 e. The predicted molar refractivity (Wildman–Crippen MR) is 85.6 cm³/mol. The Morgan fingerprint density at radius 3 is 2.78 bits per heavy atom. The second-order valence-corrected chi connectivity index (χ2v) is 6.29. The van der Waals surface area contributed by atoms with Crippen LogP contribution in [0.25, 0.3) is 0 Å². The van der Waals surface area contributed by atoms with Crippen LogP contribution >= 0.6 is 0 Å². The van der Waals surface area contributed by atoms with Gasteiger partial charge in [-0.2, -0.15) is 0 Å². The van der Waals surface area contributed by atoms with E-state index in [9.17, 15) is 14.3 Å². The van der Waals surface area contributed by atoms with E-state index >= 15 is 0 Å². The number of carboxylic acids is 1. The van der Waals surface area contributed by atoms with Gasteiger partial charge in [-0.05, 0) is 37.6 Å². The predicted octanol–water partition coefficient (Wildman–Crippen LogP) is 3.70. The molecule has 1 aliphatic rings. The van der Waals surface area contributed by atoms with Crippen molar-refractivity contribution in [1.82, 2.24) is 0 Å². The molecule has 0 atom stereocenters. The molecule has 120 valence electrons. The molecule has 0 fully saturated rings. The number of carbonyl (C=O) groups is 1. The van der Waals surface area contributed by atoms with E-state index < -0.39 is 11.6 Å². The molecule has 0 bridgehead atoms. The number of nitrogens with zero attached hydrogens (tertiary/aromatic N) is 1. The number of benzene rings is 2. The molecule has 0 saturated heterocycles. The molecule has 0 radical (unpaired) electrons. The molecule has 23 heavy (non-hydrogen) atoms. The molecule has 0 spiro atoms. The van der Waals surface area contributed by atoms with Crippen LogP contribution in [0.1, 0.15) is 29.8 Å². The van der Waals surface area contributed by atoms with Gasteiger partial charge in [0.2, 0.25) is 0 Å². The normalized spacial score (nSPS) is 15.7. The first-order valence-electron chi connectivity index (χ1n) is 7.40. The summed E-state index contributed by atoms with van der Waals surface area (Å²) in [4.78, 5) is 13.3. The van der Waals surface area contributed by atoms with Crippen molar-refractivity contribution in [2.75, 3.05) is 11.4 Å². The van der Waals surface area contributed by atoms with E-state index in [1.807, 2.05) is 18.7 Å². The molecule has 0 aliphatic carbocycles. The third kappa shape index (κ3) is 3.13. The molecular formula is C18H18FNO3. The fraction of sp³-hybridized carbons (Fsp3) is 0.278. The first kappa shape index (κ1) is 15.3. The van der Waals surface area contributed by atoms with Gasteiger partial charge in [0.15, 0.2) is 0 Å². The molecule has 0 saturated carbocycles. The molecule has 1 aliphatic heterocycles. The number of rotatable bonds is 3. The lowest BCUT2D eigenvalue weighted by atomic mass is 10.0. The summed E-state index contributed by atoms with van der Waals surface area (Å²) < 4.78 is 19.5. The summed E-state index contributed by atoms with van der Waals surface area (Å²) in [5.74, 6) is -0.702. The SMILES string of the molecule is CC1(C)CN(Cc2ccccc2C(=O)O)c2cc(F)ccc2O1. The fourth-order valence-corrected chi connectivity index (χ4v) is 2.91. The summed E-state index contributed by atoms with van der Waals surface area (Å²) in [7, 11) is 0. The maximum Gasteiger partial charge on any atom is 0.336 e. The third-order valence-corrected chi connectivity index (χ3v) is 3.83. The first-order chi connectivity index (χ1) is 10.9. The monoisotopic (exact) mass is 315 g/mol. The maximum absolute atomic E-state index is 13.6. The van der Waals surface area contributed by atoms with E-state index in [0.29, 0.717) is 30.1 Å². The molecule has 0 unspecified atom stereocenters. The van der Waals surface area contributed by atoms with E-state index in [0.717, 1.165) is 0 Å². The van der Waals surface area contributed by atoms with Crippen LogP contribution in [0.4, 0.5) is 10.1 Å². The van der Waals surface area contributed by atoms with E-state index in [4.69, 9.17) is 4.74 Å². The summed E-state index contributed by atoms with van der Waals surface area (Å²) in [6.45, 7) is 4.83. The Morgan fingerprint density at radius 1 is 1.30 bits per heavy atom. The Balaban J connectivity index is 2.00. The second kappa shape index (κ2) is 5.57. The second-order valence-electron chi connectivity index (χ2n) is 6.29. The minimum absolute atomic E-state index is 0.259. The lowest BCUT2D eigenvalue weighted by Gasteiger charge is -2.41. The molecule has 1 N–H and O–H groups in total. The average Bonchev–Trinajstić information content (AvgIpc) is 2.47. The van der Waals surface area contributed by atoms with Crippen LogP contribution in [0.3, 0.4) is 0 Å². The number of halogens is 1. The minimum atomic E-state index is -0.965. The quantitative estimate of drug-likeness (QED) is 0.938. The van der Waals surface area contributed by atoms with E-state index in [2.05, 4.69) is 0 Å². The summed E-state index contributed by atoms with van der Waals surface area (Å²) in [5, 5.41) is 9.33. The zero-order valence-electron chi connectivity index (χ0n) is 13.0. The molecule has 2 aromatic carbocycles. The Morgan fingerprint density at radius 2 is 2.04 bits per heavy atom. The van der Waals surface area contributed by atoms with Crippen molar-refractivity contribution in [3.63, 3.8) is 0 Å². The topological polar surface area (TPSA) is 49.8 Å². The number of anilines is 1. The number of hydrogen-bond acceptors (Lipinski definition) is 3. The zero-order chi connectivity index (χ0) is 16.6. The van der Waals surface area contributed by atoms with Crippen molar-refractivity contribution in [2.24, 2.45) is 0 Å². The maximum atomic E-state index is 13.6. The van der Waals surface area contributed by atoms with Crippen molar-refractivity contribution < 1.29 is 19.0 Å². The number of fused-ring (bicyclic) bond motifs is 1. The summed E-state index contributed by atoms with van der Waals surface area (Å²) in [6.07, 6.45) is 0. The van der Waals surface area contributed by atoms with Crippen LogP contribution in [-0.4, -0.2) is 23.2 Å². The van der Waals surface area contributed by atoms with Gasteiger partial charge in [0.25, 0.3) is 0 Å². The fourth-order valence-electron chi connectivity index (χ4n) is 2.91. The van der Waals surface area contributed by atoms with Crippen molar-refractivity contribution in [2.45, 2.75) is 26.0 Å². The highest BCUT2D eigenvalue weighted by atomic mass is 19.1. The number of carboxylic acid groups (broad SMARTS) is 1. The molecular weight excluding hydrogens is 297 g/mol. The Kier molecular flexibility index (Phi) is 3.72. The van der Waals surface area contributed by atoms with E-state index in [1.165, 1.54) is 12.1 Å². The molecule has 1 heterocycles. The van der Waals surface area contributed by atoms with Crippen LogP contribution in [-0.2, 0) is 6.54 Å². The number of aromatic carboxylic acids is 1. The molecule has 0 aromatic heterocycles. The van der Waals surface area contributed by atoms with E-state index in [1.54, 1.807) is 30.3 Å². The van der Waals surface area contributed by atoms with Gasteiger partial charge in [0.05, 0.1) is 17.8 Å². The molecule has 3 rings (SSSR count). The van der Waals surface area contributed by atoms with Crippen molar-refractivity contribution in [3.8, 4) is 5.75 Å². The Hall–Kier alpha value is -2.56. The Labute approximate surface area is 134 Å². The number of ether oxygens (including phenoxy) is 1. The van der Waals surface area contributed by atoms with Gasteiger partial charge < -0.3 is 14.7 Å². The van der Waals surface area contributed by atoms with Crippen LogP contribution in [0, 0.1) is 5.82 Å². The van der Waals surface area contributed by atoms with E-state index in [-0.39, 0.29) is 11.4 Å². The van der Waals surface area contributed by atoms with Gasteiger partial charge in [0, 0.05) is 12.6 Å². The lowest BCUT2D eigenvalue weighted by Crippen LogP contribution is -2.46. The minimum Gasteiger partial charge on any atom is -0.484 e. The average molecular weight is 315 g/mol. The van der Waals surface area contributed by atoms with Gasteiger partial charge in [-0.25, -0.2) is 9.18 Å². The molecule has 4 nitrogen and oxygen atoms in total. The number of hydrogen-bond donors (Lipinski definition) is 1. The van der Waals surface area contributed by atoms with Crippen molar-refractivity contribution in [1.29, 1.82) is 0 Å². The zero-order valence-corrected chi connectivity index (χ0v) is 13.0. The van der Waals surface area contributed by atoms with Crippen molar-refractivity contribution in [3.05, 3.63) is 59.4 Å². The summed E-state index contributed by atoms with van der Waals surface area (Å²) in [5.41, 5.74) is 1.15. The largest absolute Gasteiger partial charge is 0.484 e. The molecule has 5 heteroatoms. The van der Waals surface area contributed by atoms with Crippen LogP contribution in [0.2, 0.25) is 0 Å². The standard InChI is InChI=1S/C18H18FNO3/c1-18(2)11-20(15-9-13(19)7-8-16(15)23-18)10-12-5-3-4-6-14(12)17(21)22/h3-9H,10-11H2,1-2H3,(H,21,22). The van der Waals surface area contributed by atoms with Crippen molar-refractivity contribution >= 4 is 11.7 Å². The van der Waals surface area contributed by atoms with Gasteiger partial charge >= 0.3 is 5.97 Å². The molecule has 0 amide bonds. The van der Waals surface area contributed by atoms with Crippen LogP contribution in [0.5, 0.6) is 5.75 Å². The highest BCUT2D eigenvalue weighted by Crippen LogP contribution is 2.38. The van der Waals surface area contributed by atoms with Gasteiger partial charge in [0.1, 0.15) is 17.2 Å². The first-order valence-corrected chi connectivity index (χ1v) is 7.40. The molecule has 2 aromatic rings. The Bertz CT molecular complexity index is 758. The van der Waals surface area contributed by atoms with Gasteiger partial charge in [-0.3, -0.25) is 0 Å². The van der Waals surface area contributed by atoms with Crippen LogP contribution < -0.4 is 9.64 Å². The summed E-state index contributed by atoms with van der Waals surface area (Å²) in [6, 6.07) is 11.3. The highest BCUT2D eigenvalue weighted by molar-refractivity contribution is 5.89. The summed E-state index contributed by atoms with van der Waals surface area (Å²) >= 11 is 0. The van der Waals surface area contributed by atoms with Gasteiger partial charge in [-0.15, -0.1) is 0 Å². The third-order valence-electron chi connectivity index (χ3n) is 3.83. The highest BCUT2D eigenvalue weighted by Gasteiger charge is 2.32. The van der Waals surface area contributed by atoms with Gasteiger partial charge in [-0.1, -0.05) is 18.2 Å². The van der Waals surface area contributed by atoms with Crippen LogP contribution in [0.15, 0.2) is 42.5 Å². The lowest BCUT2D eigenvalue weighted by molar-refractivity contribution is 0.0695.